The van der Waals surface area contributed by atoms with Gasteiger partial charge in [0.15, 0.2) is 4.74 Å². The van der Waals surface area contributed by atoms with Gasteiger partial charge in [-0.1, -0.05) is 0 Å². The van der Waals surface area contributed by atoms with E-state index >= 15 is 0 Å². The SMILES string of the molecule is NC1c2ccoc2N=C(Br)N1c1ccc(NC(=O)Nc2cc(C(F)(F)F)ccc2F)cc1. The fourth-order valence-corrected chi connectivity index (χ4v) is 3.66. The number of rotatable bonds is 3. The summed E-state index contributed by atoms with van der Waals surface area (Å²) in [4.78, 5) is 18.1. The first-order valence-corrected chi connectivity index (χ1v) is 9.84. The third kappa shape index (κ3) is 4.32. The van der Waals surface area contributed by atoms with Gasteiger partial charge in [-0.25, -0.2) is 9.18 Å². The van der Waals surface area contributed by atoms with E-state index in [2.05, 4.69) is 31.6 Å². The zero-order valence-electron chi connectivity index (χ0n) is 16.0. The topological polar surface area (TPSA) is 95.9 Å². The average molecular weight is 512 g/mol. The molecule has 2 heterocycles. The van der Waals surface area contributed by atoms with Gasteiger partial charge in [0, 0.05) is 11.4 Å². The lowest BCUT2D eigenvalue weighted by Crippen LogP contribution is -2.38. The molecule has 1 atom stereocenters. The fraction of sp³-hybridized carbons (Fsp3) is 0.100. The molecule has 0 aliphatic carbocycles. The molecule has 1 aliphatic heterocycles. The number of benzene rings is 2. The van der Waals surface area contributed by atoms with Crippen LogP contribution in [-0.2, 0) is 6.18 Å². The van der Waals surface area contributed by atoms with E-state index in [1.54, 1.807) is 35.2 Å². The van der Waals surface area contributed by atoms with Crippen molar-refractivity contribution in [2.24, 2.45) is 10.7 Å². The Morgan fingerprint density at radius 3 is 2.53 bits per heavy atom. The maximum Gasteiger partial charge on any atom is 0.416 e. The molecule has 12 heteroatoms. The van der Waals surface area contributed by atoms with Crippen LogP contribution >= 0.6 is 15.9 Å². The van der Waals surface area contributed by atoms with E-state index < -0.39 is 35.4 Å². The molecule has 0 spiro atoms. The minimum atomic E-state index is -4.67. The van der Waals surface area contributed by atoms with E-state index in [9.17, 15) is 22.4 Å². The van der Waals surface area contributed by atoms with Crippen LogP contribution in [0, 0.1) is 5.82 Å². The van der Waals surface area contributed by atoms with Crippen LogP contribution in [0.3, 0.4) is 0 Å². The van der Waals surface area contributed by atoms with Crippen molar-refractivity contribution in [1.29, 1.82) is 0 Å². The minimum Gasteiger partial charge on any atom is -0.446 e. The monoisotopic (exact) mass is 511 g/mol. The average Bonchev–Trinajstić information content (AvgIpc) is 3.18. The molecule has 32 heavy (non-hydrogen) atoms. The Labute approximate surface area is 187 Å². The molecule has 3 aromatic rings. The summed E-state index contributed by atoms with van der Waals surface area (Å²) in [5.41, 5.74) is 6.27. The molecule has 0 saturated heterocycles. The van der Waals surface area contributed by atoms with E-state index in [0.717, 1.165) is 0 Å². The number of nitrogens with two attached hydrogens (primary N) is 1. The van der Waals surface area contributed by atoms with Gasteiger partial charge in [-0.05, 0) is 64.5 Å². The van der Waals surface area contributed by atoms with Gasteiger partial charge in [-0.2, -0.15) is 18.2 Å². The molecule has 0 fully saturated rings. The number of carbonyl (C=O) groups excluding carboxylic acids is 1. The van der Waals surface area contributed by atoms with E-state index in [4.69, 9.17) is 10.2 Å². The molecule has 2 amide bonds. The van der Waals surface area contributed by atoms with Crippen molar-refractivity contribution in [3.8, 4) is 0 Å². The van der Waals surface area contributed by atoms with Gasteiger partial charge in [0.05, 0.1) is 23.1 Å². The number of furan rings is 1. The van der Waals surface area contributed by atoms with Crippen LogP contribution in [0.2, 0.25) is 0 Å². The molecule has 0 saturated carbocycles. The summed E-state index contributed by atoms with van der Waals surface area (Å²) in [5, 5.41) is 4.51. The first-order valence-electron chi connectivity index (χ1n) is 9.04. The number of nitrogens with zero attached hydrogens (tertiary/aromatic N) is 2. The number of fused-ring (bicyclic) bond motifs is 1. The molecular formula is C20H14BrF4N5O2. The lowest BCUT2D eigenvalue weighted by Gasteiger charge is -2.31. The Morgan fingerprint density at radius 1 is 1.12 bits per heavy atom. The molecule has 7 nitrogen and oxygen atoms in total. The van der Waals surface area contributed by atoms with Crippen LogP contribution in [0.5, 0.6) is 0 Å². The van der Waals surface area contributed by atoms with Gasteiger partial charge >= 0.3 is 12.2 Å². The zero-order chi connectivity index (χ0) is 23.0. The second-order valence-electron chi connectivity index (χ2n) is 6.70. The number of nitrogens with one attached hydrogen (secondary N) is 2. The molecule has 1 unspecified atom stereocenters. The van der Waals surface area contributed by atoms with Crippen molar-refractivity contribution in [2.75, 3.05) is 15.5 Å². The Kier molecular flexibility index (Phi) is 5.65. The second kappa shape index (κ2) is 8.28. The standard InChI is InChI=1S/C20H14BrF4N5O2/c21-18-29-17-13(7-8-32-17)16(26)30(18)12-4-2-11(3-5-12)27-19(31)28-15-9-10(20(23,24)25)1-6-14(15)22/h1-9,16H,26H2,(H2,27,28,31). The second-order valence-corrected chi connectivity index (χ2v) is 7.40. The number of urea groups is 1. The molecule has 1 aliphatic rings. The molecular weight excluding hydrogens is 498 g/mol. The lowest BCUT2D eigenvalue weighted by molar-refractivity contribution is -0.137. The van der Waals surface area contributed by atoms with Crippen molar-refractivity contribution in [3.63, 3.8) is 0 Å². The minimum absolute atomic E-state index is 0.321. The van der Waals surface area contributed by atoms with Gasteiger partial charge in [-0.15, -0.1) is 0 Å². The molecule has 2 aromatic carbocycles. The summed E-state index contributed by atoms with van der Waals surface area (Å²) < 4.78 is 57.9. The van der Waals surface area contributed by atoms with Crippen LogP contribution in [0.4, 0.5) is 45.3 Å². The highest BCUT2D eigenvalue weighted by atomic mass is 79.9. The number of alkyl halides is 3. The van der Waals surface area contributed by atoms with Crippen LogP contribution < -0.4 is 21.3 Å². The maximum atomic E-state index is 13.8. The van der Waals surface area contributed by atoms with Crippen LogP contribution in [-0.4, -0.2) is 10.8 Å². The molecule has 4 rings (SSSR count). The molecule has 0 bridgehead atoms. The number of aliphatic imine (C=N–C) groups is 1. The smallest absolute Gasteiger partial charge is 0.416 e. The van der Waals surface area contributed by atoms with E-state index in [-0.39, 0.29) is 0 Å². The molecule has 1 aromatic heterocycles. The summed E-state index contributed by atoms with van der Waals surface area (Å²) in [6.07, 6.45) is -3.75. The number of hydrogen-bond donors (Lipinski definition) is 3. The number of amides is 2. The number of hydrogen-bond acceptors (Lipinski definition) is 5. The third-order valence-corrected chi connectivity index (χ3v) is 5.17. The highest BCUT2D eigenvalue weighted by molar-refractivity contribution is 9.18. The summed E-state index contributed by atoms with van der Waals surface area (Å²) in [6.45, 7) is 0. The highest BCUT2D eigenvalue weighted by Crippen LogP contribution is 2.37. The summed E-state index contributed by atoms with van der Waals surface area (Å²) in [7, 11) is 0. The van der Waals surface area contributed by atoms with Gasteiger partial charge < -0.3 is 25.7 Å². The third-order valence-electron chi connectivity index (χ3n) is 4.61. The fourth-order valence-electron chi connectivity index (χ4n) is 3.07. The molecule has 166 valence electrons. The number of anilines is 3. The first-order chi connectivity index (χ1) is 15.1. The summed E-state index contributed by atoms with van der Waals surface area (Å²) >= 11 is 3.35. The Morgan fingerprint density at radius 2 is 1.84 bits per heavy atom. The lowest BCUT2D eigenvalue weighted by atomic mass is 10.2. The quantitative estimate of drug-likeness (QED) is 0.299. The van der Waals surface area contributed by atoms with Gasteiger partial charge in [0.2, 0.25) is 5.88 Å². The zero-order valence-corrected chi connectivity index (χ0v) is 17.5. The van der Waals surface area contributed by atoms with Gasteiger partial charge in [0.25, 0.3) is 0 Å². The van der Waals surface area contributed by atoms with E-state index in [1.807, 2.05) is 0 Å². The van der Waals surface area contributed by atoms with Gasteiger partial charge in [0.1, 0.15) is 12.0 Å². The molecule has 0 radical (unpaired) electrons. The van der Waals surface area contributed by atoms with Crippen LogP contribution in [0.25, 0.3) is 0 Å². The van der Waals surface area contributed by atoms with Crippen molar-refractivity contribution in [3.05, 3.63) is 71.7 Å². The Hall–Kier alpha value is -3.38. The number of amidine groups is 1. The predicted octanol–water partition coefficient (Wildman–Crippen LogP) is 5.94. The first kappa shape index (κ1) is 21.8. The predicted molar refractivity (Wildman–Crippen MR) is 115 cm³/mol. The van der Waals surface area contributed by atoms with E-state index in [1.165, 1.54) is 6.26 Å². The highest BCUT2D eigenvalue weighted by Gasteiger charge is 2.31. The van der Waals surface area contributed by atoms with Crippen LogP contribution in [0.1, 0.15) is 17.3 Å². The van der Waals surface area contributed by atoms with Crippen molar-refractivity contribution in [2.45, 2.75) is 12.3 Å². The van der Waals surface area contributed by atoms with Crippen molar-refractivity contribution >= 4 is 49.7 Å². The van der Waals surface area contributed by atoms with Crippen LogP contribution in [0.15, 0.2) is 64.2 Å². The van der Waals surface area contributed by atoms with E-state index in [0.29, 0.717) is 45.8 Å². The van der Waals surface area contributed by atoms with Crippen molar-refractivity contribution < 1.29 is 26.8 Å². The Balaban J connectivity index is 1.46. The number of halogens is 5. The summed E-state index contributed by atoms with van der Waals surface area (Å²) in [5.74, 6) is -0.595. The summed E-state index contributed by atoms with van der Waals surface area (Å²) in [6, 6.07) is 8.97. The Bertz CT molecular complexity index is 1190. The molecule has 4 N–H and O–H groups in total. The van der Waals surface area contributed by atoms with Gasteiger partial charge in [-0.3, -0.25) is 0 Å². The normalized spacial score (nSPS) is 15.8. The van der Waals surface area contributed by atoms with Crippen molar-refractivity contribution in [1.82, 2.24) is 0 Å². The maximum absolute atomic E-state index is 13.8. The number of carbonyl (C=O) groups is 1. The largest absolute Gasteiger partial charge is 0.446 e.